The fourth-order valence-corrected chi connectivity index (χ4v) is 4.75. The molecule has 1 atom stereocenters. The molecule has 2 aromatic heterocycles. The predicted octanol–water partition coefficient (Wildman–Crippen LogP) is 5.25. The Morgan fingerprint density at radius 3 is 2.52 bits per heavy atom. The average Bonchev–Trinajstić information content (AvgIpc) is 3.18. The molecule has 7 nitrogen and oxygen atoms in total. The molecule has 1 N–H and O–H groups in total. The number of carboxylic acid groups (broad SMARTS) is 1. The van der Waals surface area contributed by atoms with Gasteiger partial charge < -0.3 is 9.63 Å². The molecule has 1 fully saturated rings. The Balaban J connectivity index is 1.70. The van der Waals surface area contributed by atoms with E-state index in [1.165, 1.54) is 38.4 Å². The fraction of sp³-hybridized carbons (Fsp3) is 0.682. The lowest BCUT2D eigenvalue weighted by Gasteiger charge is -2.48. The van der Waals surface area contributed by atoms with Crippen LogP contribution < -0.4 is 0 Å². The molecule has 1 aliphatic carbocycles. The summed E-state index contributed by atoms with van der Waals surface area (Å²) in [5.41, 5.74) is 1.22. The standard InChI is InChI=1S/C22H32N4O3/c1-21(2,3)22(9-5-4-6-10-22)11-7-8-16(12-18(27)28)19-25-20(29-26-19)17-13-23-15-24-14-17/h13-16H,4-12H2,1-3H3,(H,27,28). The molecule has 0 amide bonds. The molecule has 1 unspecified atom stereocenters. The monoisotopic (exact) mass is 400 g/mol. The van der Waals surface area contributed by atoms with Crippen LogP contribution in [0.4, 0.5) is 0 Å². The molecule has 2 aromatic rings. The summed E-state index contributed by atoms with van der Waals surface area (Å²) in [6, 6.07) is 0. The summed E-state index contributed by atoms with van der Waals surface area (Å²) in [7, 11) is 0. The van der Waals surface area contributed by atoms with Gasteiger partial charge in [-0.3, -0.25) is 4.79 Å². The lowest BCUT2D eigenvalue weighted by Crippen LogP contribution is -2.37. The van der Waals surface area contributed by atoms with Crippen molar-refractivity contribution in [2.24, 2.45) is 10.8 Å². The molecule has 0 radical (unpaired) electrons. The Labute approximate surface area is 172 Å². The zero-order valence-corrected chi connectivity index (χ0v) is 17.7. The Bertz CT molecular complexity index is 792. The second-order valence-electron chi connectivity index (χ2n) is 9.36. The number of nitrogens with zero attached hydrogens (tertiary/aromatic N) is 4. The third kappa shape index (κ3) is 5.19. The smallest absolute Gasteiger partial charge is 0.304 e. The van der Waals surface area contributed by atoms with E-state index in [0.29, 0.717) is 22.7 Å². The van der Waals surface area contributed by atoms with Crippen molar-refractivity contribution in [1.82, 2.24) is 20.1 Å². The van der Waals surface area contributed by atoms with Gasteiger partial charge in [-0.25, -0.2) is 9.97 Å². The Kier molecular flexibility index (Phi) is 6.65. The van der Waals surface area contributed by atoms with E-state index < -0.39 is 5.97 Å². The minimum absolute atomic E-state index is 0.00673. The predicted molar refractivity (Wildman–Crippen MR) is 109 cm³/mol. The van der Waals surface area contributed by atoms with Crippen LogP contribution in [0.3, 0.4) is 0 Å². The highest BCUT2D eigenvalue weighted by molar-refractivity contribution is 5.67. The molecule has 0 spiro atoms. The third-order valence-electron chi connectivity index (χ3n) is 6.64. The van der Waals surface area contributed by atoms with Crippen LogP contribution in [-0.2, 0) is 4.79 Å². The van der Waals surface area contributed by atoms with Gasteiger partial charge in [-0.1, -0.05) is 51.6 Å². The van der Waals surface area contributed by atoms with Crippen LogP contribution >= 0.6 is 0 Å². The van der Waals surface area contributed by atoms with Gasteiger partial charge in [-0.2, -0.15) is 4.98 Å². The lowest BCUT2D eigenvalue weighted by molar-refractivity contribution is -0.137. The van der Waals surface area contributed by atoms with E-state index >= 15 is 0 Å². The number of rotatable bonds is 8. The first-order chi connectivity index (χ1) is 13.8. The molecule has 0 aliphatic heterocycles. The molecule has 158 valence electrons. The first-order valence-corrected chi connectivity index (χ1v) is 10.6. The van der Waals surface area contributed by atoms with Gasteiger partial charge in [0.1, 0.15) is 6.33 Å². The number of hydrogen-bond acceptors (Lipinski definition) is 6. The van der Waals surface area contributed by atoms with Crippen LogP contribution in [0.25, 0.3) is 11.5 Å². The van der Waals surface area contributed by atoms with E-state index in [4.69, 9.17) is 4.52 Å². The minimum atomic E-state index is -0.840. The topological polar surface area (TPSA) is 102 Å². The second kappa shape index (κ2) is 9.01. The largest absolute Gasteiger partial charge is 0.481 e. The van der Waals surface area contributed by atoms with E-state index in [0.717, 1.165) is 19.3 Å². The number of aromatic nitrogens is 4. The molecule has 29 heavy (non-hydrogen) atoms. The second-order valence-corrected chi connectivity index (χ2v) is 9.36. The van der Waals surface area contributed by atoms with Crippen molar-refractivity contribution in [2.45, 2.75) is 84.5 Å². The molecule has 0 bridgehead atoms. The van der Waals surface area contributed by atoms with E-state index in [1.54, 1.807) is 12.4 Å². The van der Waals surface area contributed by atoms with Crippen molar-refractivity contribution in [3.05, 3.63) is 24.5 Å². The third-order valence-corrected chi connectivity index (χ3v) is 6.64. The van der Waals surface area contributed by atoms with Crippen molar-refractivity contribution in [3.63, 3.8) is 0 Å². The summed E-state index contributed by atoms with van der Waals surface area (Å²) < 4.78 is 5.35. The van der Waals surface area contributed by atoms with Crippen LogP contribution in [0.15, 0.2) is 23.2 Å². The number of carboxylic acids is 1. The maximum Gasteiger partial charge on any atom is 0.304 e. The summed E-state index contributed by atoms with van der Waals surface area (Å²) >= 11 is 0. The first kappa shape index (κ1) is 21.4. The molecule has 0 aromatic carbocycles. The number of hydrogen-bond donors (Lipinski definition) is 1. The maximum absolute atomic E-state index is 11.4. The molecule has 0 saturated heterocycles. The summed E-state index contributed by atoms with van der Waals surface area (Å²) in [4.78, 5) is 23.8. The van der Waals surface area contributed by atoms with Crippen molar-refractivity contribution in [2.75, 3.05) is 0 Å². The quantitative estimate of drug-likeness (QED) is 0.645. The Morgan fingerprint density at radius 1 is 1.21 bits per heavy atom. The van der Waals surface area contributed by atoms with Crippen molar-refractivity contribution < 1.29 is 14.4 Å². The highest BCUT2D eigenvalue weighted by Crippen LogP contribution is 2.53. The van der Waals surface area contributed by atoms with Gasteiger partial charge in [0.15, 0.2) is 5.82 Å². The van der Waals surface area contributed by atoms with Gasteiger partial charge >= 0.3 is 5.97 Å². The Hall–Kier alpha value is -2.31. The minimum Gasteiger partial charge on any atom is -0.481 e. The van der Waals surface area contributed by atoms with Crippen LogP contribution in [-0.4, -0.2) is 31.2 Å². The van der Waals surface area contributed by atoms with Crippen molar-refractivity contribution in [1.29, 1.82) is 0 Å². The number of carbonyl (C=O) groups is 1. The Morgan fingerprint density at radius 2 is 1.90 bits per heavy atom. The molecule has 1 aliphatic rings. The van der Waals surface area contributed by atoms with Crippen molar-refractivity contribution in [3.8, 4) is 11.5 Å². The van der Waals surface area contributed by atoms with Crippen LogP contribution in [0.2, 0.25) is 0 Å². The van der Waals surface area contributed by atoms with E-state index in [1.807, 2.05) is 0 Å². The molecular formula is C22H32N4O3. The van der Waals surface area contributed by atoms with Crippen LogP contribution in [0, 0.1) is 10.8 Å². The first-order valence-electron chi connectivity index (χ1n) is 10.6. The summed E-state index contributed by atoms with van der Waals surface area (Å²) in [5, 5.41) is 13.5. The van der Waals surface area contributed by atoms with E-state index in [9.17, 15) is 9.90 Å². The van der Waals surface area contributed by atoms with Gasteiger partial charge in [0, 0.05) is 18.3 Å². The highest BCUT2D eigenvalue weighted by atomic mass is 16.5. The summed E-state index contributed by atoms with van der Waals surface area (Å²) in [6.07, 6.45) is 13.9. The fourth-order valence-electron chi connectivity index (χ4n) is 4.75. The van der Waals surface area contributed by atoms with Gasteiger partial charge in [0.2, 0.25) is 0 Å². The summed E-state index contributed by atoms with van der Waals surface area (Å²) in [6.45, 7) is 7.04. The van der Waals surface area contributed by atoms with Crippen LogP contribution in [0.1, 0.15) is 90.3 Å². The molecule has 7 heteroatoms. The van der Waals surface area contributed by atoms with Crippen molar-refractivity contribution >= 4 is 5.97 Å². The van der Waals surface area contributed by atoms with E-state index in [2.05, 4.69) is 40.9 Å². The molecule has 2 heterocycles. The zero-order chi connectivity index (χ0) is 20.9. The maximum atomic E-state index is 11.4. The van der Waals surface area contributed by atoms with Crippen LogP contribution in [0.5, 0.6) is 0 Å². The van der Waals surface area contributed by atoms with E-state index in [-0.39, 0.29) is 17.8 Å². The van der Waals surface area contributed by atoms with Gasteiger partial charge in [-0.05, 0) is 36.5 Å². The normalized spacial score (nSPS) is 17.8. The lowest BCUT2D eigenvalue weighted by atomic mass is 9.57. The van der Waals surface area contributed by atoms with Gasteiger partial charge in [0.05, 0.1) is 12.0 Å². The average molecular weight is 401 g/mol. The molecular weight excluding hydrogens is 368 g/mol. The number of aliphatic carboxylic acids is 1. The summed E-state index contributed by atoms with van der Waals surface area (Å²) in [5.74, 6) is -0.308. The SMILES string of the molecule is CC(C)(C)C1(CCCC(CC(=O)O)c2noc(-c3cncnc3)n2)CCCCC1. The molecule has 1 saturated carbocycles. The zero-order valence-electron chi connectivity index (χ0n) is 17.7. The van der Waals surface area contributed by atoms with Gasteiger partial charge in [-0.15, -0.1) is 0 Å². The van der Waals surface area contributed by atoms with Gasteiger partial charge in [0.25, 0.3) is 5.89 Å². The highest BCUT2D eigenvalue weighted by Gasteiger charge is 2.41. The molecule has 3 rings (SSSR count).